The Morgan fingerprint density at radius 3 is 2.82 bits per heavy atom. The van der Waals surface area contributed by atoms with Crippen LogP contribution in [0.15, 0.2) is 28.9 Å². The van der Waals surface area contributed by atoms with Gasteiger partial charge in [-0.3, -0.25) is 4.68 Å². The van der Waals surface area contributed by atoms with Gasteiger partial charge in [0, 0.05) is 9.86 Å². The van der Waals surface area contributed by atoms with E-state index in [4.69, 9.17) is 0 Å². The van der Waals surface area contributed by atoms with Crippen molar-refractivity contribution >= 4 is 26.8 Å². The third-order valence-electron chi connectivity index (χ3n) is 3.60. The molecule has 1 saturated heterocycles. The molecule has 0 atom stereocenters. The molecule has 0 amide bonds. The Morgan fingerprint density at radius 2 is 2.06 bits per heavy atom. The fraction of sp³-hybridized carbons (Fsp3) is 0.462. The molecule has 0 saturated carbocycles. The summed E-state index contributed by atoms with van der Waals surface area (Å²) >= 11 is 3.63. The third-order valence-corrected chi connectivity index (χ3v) is 4.24. The van der Waals surface area contributed by atoms with Crippen LogP contribution in [0.2, 0.25) is 0 Å². The Labute approximate surface area is 110 Å². The van der Waals surface area contributed by atoms with E-state index in [2.05, 4.69) is 55.9 Å². The van der Waals surface area contributed by atoms with E-state index in [1.807, 2.05) is 6.20 Å². The number of halogens is 1. The summed E-state index contributed by atoms with van der Waals surface area (Å²) in [7, 11) is 2.19. The summed E-state index contributed by atoms with van der Waals surface area (Å²) in [5.41, 5.74) is 1.24. The van der Waals surface area contributed by atoms with Crippen LogP contribution in [-0.2, 0) is 0 Å². The summed E-state index contributed by atoms with van der Waals surface area (Å²) in [6, 6.07) is 6.82. The lowest BCUT2D eigenvalue weighted by Crippen LogP contribution is -2.31. The average Bonchev–Trinajstić information content (AvgIpc) is 2.75. The van der Waals surface area contributed by atoms with Gasteiger partial charge in [0.05, 0.1) is 17.8 Å². The van der Waals surface area contributed by atoms with Gasteiger partial charge in [-0.2, -0.15) is 5.10 Å². The van der Waals surface area contributed by atoms with Gasteiger partial charge in [-0.15, -0.1) is 0 Å². The van der Waals surface area contributed by atoms with Gasteiger partial charge in [0.25, 0.3) is 0 Å². The molecule has 90 valence electrons. The molecule has 3 rings (SSSR count). The predicted octanol–water partition coefficient (Wildman–Crippen LogP) is 3.07. The number of benzene rings is 1. The highest BCUT2D eigenvalue weighted by Gasteiger charge is 2.20. The molecule has 1 aromatic carbocycles. The highest BCUT2D eigenvalue weighted by atomic mass is 79.9. The van der Waals surface area contributed by atoms with E-state index >= 15 is 0 Å². The predicted molar refractivity (Wildman–Crippen MR) is 73.2 cm³/mol. The number of fused-ring (bicyclic) bond motifs is 1. The van der Waals surface area contributed by atoms with Crippen molar-refractivity contribution < 1.29 is 0 Å². The minimum Gasteiger partial charge on any atom is -0.306 e. The number of rotatable bonds is 1. The molecule has 1 fully saturated rings. The summed E-state index contributed by atoms with van der Waals surface area (Å²) < 4.78 is 3.35. The molecule has 1 aliphatic heterocycles. The molecule has 4 heteroatoms. The van der Waals surface area contributed by atoms with E-state index in [1.165, 1.54) is 23.7 Å². The minimum absolute atomic E-state index is 0.544. The van der Waals surface area contributed by atoms with Gasteiger partial charge in [0.2, 0.25) is 0 Å². The minimum atomic E-state index is 0.544. The maximum Gasteiger partial charge on any atom is 0.0827 e. The van der Waals surface area contributed by atoms with Gasteiger partial charge < -0.3 is 4.90 Å². The van der Waals surface area contributed by atoms with E-state index in [0.717, 1.165) is 17.6 Å². The summed E-state index contributed by atoms with van der Waals surface area (Å²) in [6.45, 7) is 2.33. The van der Waals surface area contributed by atoms with E-state index in [-0.39, 0.29) is 0 Å². The van der Waals surface area contributed by atoms with E-state index in [1.54, 1.807) is 0 Å². The molecule has 0 spiro atoms. The van der Waals surface area contributed by atoms with Crippen LogP contribution in [0, 0.1) is 0 Å². The number of hydrogen-bond donors (Lipinski definition) is 0. The molecule has 2 heterocycles. The number of para-hydroxylation sites is 1. The van der Waals surface area contributed by atoms with E-state index in [0.29, 0.717) is 6.04 Å². The van der Waals surface area contributed by atoms with Crippen molar-refractivity contribution in [1.82, 2.24) is 14.7 Å². The highest BCUT2D eigenvalue weighted by molar-refractivity contribution is 9.10. The van der Waals surface area contributed by atoms with Crippen LogP contribution >= 0.6 is 15.9 Å². The molecule has 1 aromatic heterocycles. The zero-order valence-corrected chi connectivity index (χ0v) is 11.5. The Hall–Kier alpha value is -0.870. The number of piperidine rings is 1. The number of likely N-dealkylation sites (tertiary alicyclic amines) is 1. The van der Waals surface area contributed by atoms with Crippen molar-refractivity contribution in [1.29, 1.82) is 0 Å². The topological polar surface area (TPSA) is 21.1 Å². The summed E-state index contributed by atoms with van der Waals surface area (Å²) in [6.07, 6.45) is 4.35. The van der Waals surface area contributed by atoms with Crippen LogP contribution in [0.25, 0.3) is 10.9 Å². The smallest absolute Gasteiger partial charge is 0.0827 e. The molecular weight excluding hydrogens is 278 g/mol. The fourth-order valence-electron chi connectivity index (χ4n) is 2.58. The van der Waals surface area contributed by atoms with Crippen LogP contribution in [0.5, 0.6) is 0 Å². The first-order valence-electron chi connectivity index (χ1n) is 6.06. The van der Waals surface area contributed by atoms with Gasteiger partial charge in [0.1, 0.15) is 0 Å². The first-order valence-corrected chi connectivity index (χ1v) is 6.85. The SMILES string of the molecule is CN1CCC(n2ncc3cccc(Br)c32)CC1. The van der Waals surface area contributed by atoms with Gasteiger partial charge in [-0.05, 0) is 55.0 Å². The second-order valence-electron chi connectivity index (χ2n) is 4.80. The fourth-order valence-corrected chi connectivity index (χ4v) is 3.14. The van der Waals surface area contributed by atoms with Crippen LogP contribution in [0.3, 0.4) is 0 Å². The molecule has 1 aliphatic rings. The molecule has 0 aliphatic carbocycles. The normalized spacial score (nSPS) is 18.9. The Morgan fingerprint density at radius 1 is 1.29 bits per heavy atom. The first-order chi connectivity index (χ1) is 8.25. The standard InChI is InChI=1S/C13H16BrN3/c1-16-7-5-11(6-8-16)17-13-10(9-15-17)3-2-4-12(13)14/h2-4,9,11H,5-8H2,1H3. The van der Waals surface area contributed by atoms with Crippen LogP contribution in [0.1, 0.15) is 18.9 Å². The lowest BCUT2D eigenvalue weighted by atomic mass is 10.1. The third kappa shape index (κ3) is 2.00. The molecular formula is C13H16BrN3. The van der Waals surface area contributed by atoms with Gasteiger partial charge in [0.15, 0.2) is 0 Å². The van der Waals surface area contributed by atoms with Crippen molar-refractivity contribution in [3.8, 4) is 0 Å². The van der Waals surface area contributed by atoms with Crippen LogP contribution in [0.4, 0.5) is 0 Å². The number of aromatic nitrogens is 2. The number of hydrogen-bond acceptors (Lipinski definition) is 2. The van der Waals surface area contributed by atoms with Crippen molar-refractivity contribution in [2.45, 2.75) is 18.9 Å². The summed E-state index contributed by atoms with van der Waals surface area (Å²) in [5, 5.41) is 5.79. The molecule has 0 N–H and O–H groups in total. The lowest BCUT2D eigenvalue weighted by molar-refractivity contribution is 0.215. The quantitative estimate of drug-likeness (QED) is 0.806. The van der Waals surface area contributed by atoms with Gasteiger partial charge >= 0.3 is 0 Å². The van der Waals surface area contributed by atoms with E-state index < -0.39 is 0 Å². The summed E-state index contributed by atoms with van der Waals surface area (Å²) in [4.78, 5) is 2.39. The second kappa shape index (κ2) is 4.42. The summed E-state index contributed by atoms with van der Waals surface area (Å²) in [5.74, 6) is 0. The highest BCUT2D eigenvalue weighted by Crippen LogP contribution is 2.29. The molecule has 0 bridgehead atoms. The monoisotopic (exact) mass is 293 g/mol. The number of nitrogens with zero attached hydrogens (tertiary/aromatic N) is 3. The Bertz CT molecular complexity index is 526. The molecule has 0 radical (unpaired) electrons. The van der Waals surface area contributed by atoms with Gasteiger partial charge in [-0.1, -0.05) is 12.1 Å². The van der Waals surface area contributed by atoms with Crippen molar-refractivity contribution in [2.24, 2.45) is 0 Å². The van der Waals surface area contributed by atoms with Crippen molar-refractivity contribution in [2.75, 3.05) is 20.1 Å². The van der Waals surface area contributed by atoms with E-state index in [9.17, 15) is 0 Å². The van der Waals surface area contributed by atoms with Crippen LogP contribution < -0.4 is 0 Å². The maximum absolute atomic E-state index is 4.57. The maximum atomic E-state index is 4.57. The average molecular weight is 294 g/mol. The van der Waals surface area contributed by atoms with Gasteiger partial charge in [-0.25, -0.2) is 0 Å². The van der Waals surface area contributed by atoms with Crippen molar-refractivity contribution in [3.05, 3.63) is 28.9 Å². The van der Waals surface area contributed by atoms with Crippen LogP contribution in [-0.4, -0.2) is 34.8 Å². The van der Waals surface area contributed by atoms with Crippen molar-refractivity contribution in [3.63, 3.8) is 0 Å². The molecule has 3 nitrogen and oxygen atoms in total. The largest absolute Gasteiger partial charge is 0.306 e. The molecule has 2 aromatic rings. The lowest BCUT2D eigenvalue weighted by Gasteiger charge is -2.29. The molecule has 0 unspecified atom stereocenters. The zero-order chi connectivity index (χ0) is 11.8. The Kier molecular flexibility index (Phi) is 2.92. The molecule has 17 heavy (non-hydrogen) atoms. The first kappa shape index (κ1) is 11.2. The zero-order valence-electron chi connectivity index (χ0n) is 9.93. The second-order valence-corrected chi connectivity index (χ2v) is 5.66. The Balaban J connectivity index is 2.00.